The summed E-state index contributed by atoms with van der Waals surface area (Å²) in [7, 11) is 0. The van der Waals surface area contributed by atoms with Crippen LogP contribution in [0.5, 0.6) is 0 Å². The van der Waals surface area contributed by atoms with Crippen LogP contribution in [0.1, 0.15) is 5.56 Å². The van der Waals surface area contributed by atoms with Crippen LogP contribution >= 0.6 is 0 Å². The van der Waals surface area contributed by atoms with E-state index in [0.29, 0.717) is 5.56 Å². The van der Waals surface area contributed by atoms with Crippen LogP contribution in [0.4, 0.5) is 0 Å². The summed E-state index contributed by atoms with van der Waals surface area (Å²) in [5, 5.41) is 28.7. The van der Waals surface area contributed by atoms with Gasteiger partial charge in [0.15, 0.2) is 0 Å². The van der Waals surface area contributed by atoms with Crippen LogP contribution in [0.15, 0.2) is 191 Å². The van der Waals surface area contributed by atoms with Gasteiger partial charge in [0.25, 0.3) is 0 Å². The van der Waals surface area contributed by atoms with Gasteiger partial charge in [0.05, 0.1) is 28.2 Å². The van der Waals surface area contributed by atoms with E-state index in [4.69, 9.17) is 8.83 Å². The molecule has 0 saturated heterocycles. The Kier molecular flexibility index (Phi) is 6.20. The maximum absolute atomic E-state index is 10.3. The normalized spacial score (nSPS) is 12.4. The van der Waals surface area contributed by atoms with Crippen molar-refractivity contribution in [2.75, 3.05) is 0 Å². The lowest BCUT2D eigenvalue weighted by Crippen LogP contribution is -1.84. The lowest BCUT2D eigenvalue weighted by Gasteiger charge is -2.08. The van der Waals surface area contributed by atoms with Crippen LogP contribution in [-0.4, -0.2) is 4.40 Å². The molecule has 4 aromatic heterocycles. The van der Waals surface area contributed by atoms with E-state index < -0.39 is 0 Å². The third-order valence-electron chi connectivity index (χ3n) is 13.8. The topological polar surface area (TPSA) is 54.5 Å². The second-order valence-corrected chi connectivity index (χ2v) is 17.2. The second-order valence-electron chi connectivity index (χ2n) is 17.2. The predicted octanol–water partition coefficient (Wildman–Crippen LogP) is 16.5. The molecular weight excluding hydrogens is 769 g/mol. The summed E-state index contributed by atoms with van der Waals surface area (Å²) < 4.78 is 15.1. The average Bonchev–Trinajstić information content (AvgIpc) is 4.06. The molecule has 0 aliphatic carbocycles. The van der Waals surface area contributed by atoms with Gasteiger partial charge in [0.2, 0.25) is 0 Å². The number of aromatic nitrogens is 1. The molecule has 0 saturated carbocycles. The van der Waals surface area contributed by atoms with Crippen molar-refractivity contribution in [2.45, 2.75) is 0 Å². The van der Waals surface area contributed by atoms with E-state index in [2.05, 4.69) is 192 Å². The van der Waals surface area contributed by atoms with Crippen molar-refractivity contribution >= 4 is 125 Å². The summed E-state index contributed by atoms with van der Waals surface area (Å²) in [4.78, 5) is 0. The van der Waals surface area contributed by atoms with Crippen molar-refractivity contribution in [1.29, 1.82) is 5.26 Å². The van der Waals surface area contributed by atoms with Crippen LogP contribution in [0.3, 0.4) is 0 Å². The van der Waals surface area contributed by atoms with Crippen molar-refractivity contribution in [2.24, 2.45) is 0 Å². The Morgan fingerprint density at radius 1 is 0.317 bits per heavy atom. The molecule has 11 aromatic carbocycles. The van der Waals surface area contributed by atoms with Gasteiger partial charge in [-0.05, 0) is 162 Å². The third-order valence-corrected chi connectivity index (χ3v) is 13.8. The van der Waals surface area contributed by atoms with Gasteiger partial charge >= 0.3 is 0 Å². The zero-order valence-electron chi connectivity index (χ0n) is 33.5. The van der Waals surface area contributed by atoms with E-state index in [1.165, 1.54) is 21.5 Å². The summed E-state index contributed by atoms with van der Waals surface area (Å²) in [6.07, 6.45) is 0. The number of rotatable bonds is 2. The highest BCUT2D eigenvalue weighted by Crippen LogP contribution is 2.44. The largest absolute Gasteiger partial charge is 0.456 e. The Morgan fingerprint density at radius 3 is 1.19 bits per heavy atom. The first-order chi connectivity index (χ1) is 31.1. The fourth-order valence-electron chi connectivity index (χ4n) is 10.7. The molecule has 4 nitrogen and oxygen atoms in total. The second kappa shape index (κ2) is 11.8. The van der Waals surface area contributed by atoms with E-state index in [-0.39, 0.29) is 0 Å². The van der Waals surface area contributed by atoms with Crippen molar-refractivity contribution in [3.05, 3.63) is 188 Å². The molecule has 0 N–H and O–H groups in total. The molecule has 0 amide bonds. The summed E-state index contributed by atoms with van der Waals surface area (Å²) in [5.41, 5.74) is 12.3. The first-order valence-corrected chi connectivity index (χ1v) is 21.3. The van der Waals surface area contributed by atoms with Gasteiger partial charge in [-0.25, -0.2) is 0 Å². The number of nitrogens with zero attached hydrogens (tertiary/aromatic N) is 2. The van der Waals surface area contributed by atoms with Gasteiger partial charge in [-0.1, -0.05) is 84.9 Å². The number of fused-ring (bicyclic) bond motifs is 16. The maximum atomic E-state index is 10.3. The zero-order valence-corrected chi connectivity index (χ0v) is 33.5. The zero-order chi connectivity index (χ0) is 41.1. The van der Waals surface area contributed by atoms with Crippen molar-refractivity contribution in [1.82, 2.24) is 4.40 Å². The molecule has 0 aliphatic rings. The number of hydrogen-bond donors (Lipinski definition) is 0. The third kappa shape index (κ3) is 4.58. The fraction of sp³-hybridized carbons (Fsp3) is 0. The van der Waals surface area contributed by atoms with Gasteiger partial charge < -0.3 is 13.2 Å². The quantitative estimate of drug-likeness (QED) is 0.175. The number of benzene rings is 11. The van der Waals surface area contributed by atoms with E-state index in [1.54, 1.807) is 0 Å². The average molecular weight is 799 g/mol. The van der Waals surface area contributed by atoms with Crippen molar-refractivity contribution < 1.29 is 8.83 Å². The molecule has 0 fully saturated rings. The Morgan fingerprint density at radius 2 is 0.714 bits per heavy atom. The molecule has 15 rings (SSSR count). The standard InChI is InChI=1S/C59H30N2O2/c60-31-32-17-51-45-21-41-11-9-37(39-13-15-55-47(25-39)49-23-33-5-1-3-7-35(33)29-57(49)62-55)19-43(41)27-53(45)61-54-28-44-20-38(10-12-42(44)22-46(54)52(18-32)59(51)61)40-14-16-56-48(26-40)50-24-34-6-2-4-8-36(34)30-58(50)63-56/h1-30H. The minimum absolute atomic E-state index is 0.667. The van der Waals surface area contributed by atoms with Crippen LogP contribution in [0.2, 0.25) is 0 Å². The monoisotopic (exact) mass is 798 g/mol. The summed E-state index contributed by atoms with van der Waals surface area (Å²) in [6, 6.07) is 68.1. The summed E-state index contributed by atoms with van der Waals surface area (Å²) in [5.74, 6) is 0. The van der Waals surface area contributed by atoms with E-state index in [1.807, 2.05) is 0 Å². The molecular formula is C59H30N2O2. The van der Waals surface area contributed by atoms with E-state index >= 15 is 0 Å². The Hall–Kier alpha value is -8.65. The van der Waals surface area contributed by atoms with Gasteiger partial charge in [-0.2, -0.15) is 5.26 Å². The van der Waals surface area contributed by atoms with Gasteiger partial charge in [0, 0.05) is 43.1 Å². The smallest absolute Gasteiger partial charge is 0.136 e. The molecule has 63 heavy (non-hydrogen) atoms. The first-order valence-electron chi connectivity index (χ1n) is 21.3. The number of hydrogen-bond acceptors (Lipinski definition) is 3. The molecule has 0 radical (unpaired) electrons. The Labute approximate surface area is 357 Å². The van der Waals surface area contributed by atoms with Crippen LogP contribution in [0.25, 0.3) is 147 Å². The highest BCUT2D eigenvalue weighted by Gasteiger charge is 2.21. The highest BCUT2D eigenvalue weighted by molar-refractivity contribution is 6.26. The first kappa shape index (κ1) is 33.1. The minimum atomic E-state index is 0.667. The van der Waals surface area contributed by atoms with E-state index in [0.717, 1.165) is 126 Å². The Bertz CT molecular complexity index is 4290. The molecule has 15 aromatic rings. The van der Waals surface area contributed by atoms with Gasteiger partial charge in [-0.15, -0.1) is 0 Å². The molecule has 0 spiro atoms. The Balaban J connectivity index is 0.910. The minimum Gasteiger partial charge on any atom is -0.456 e. The van der Waals surface area contributed by atoms with E-state index in [9.17, 15) is 5.26 Å². The lowest BCUT2D eigenvalue weighted by atomic mass is 9.97. The number of nitriles is 1. The highest BCUT2D eigenvalue weighted by atomic mass is 16.3. The number of furan rings is 2. The molecule has 0 unspecified atom stereocenters. The molecule has 0 aliphatic heterocycles. The predicted molar refractivity (Wildman–Crippen MR) is 261 cm³/mol. The van der Waals surface area contributed by atoms with Crippen LogP contribution < -0.4 is 0 Å². The lowest BCUT2D eigenvalue weighted by molar-refractivity contribution is 0.669. The van der Waals surface area contributed by atoms with Crippen LogP contribution in [-0.2, 0) is 0 Å². The van der Waals surface area contributed by atoms with Crippen molar-refractivity contribution in [3.63, 3.8) is 0 Å². The SMILES string of the molecule is N#Cc1cc2c3cc4ccc(-c5ccc6oc7cc8ccccc8cc7c6c5)cc4cc3n3c4cc5cc(-c6ccc7oc8cc9ccccc9cc8c7c6)ccc5cc4c(c1)c23. The maximum Gasteiger partial charge on any atom is 0.136 e. The fourth-order valence-corrected chi connectivity index (χ4v) is 10.7. The van der Waals surface area contributed by atoms with Gasteiger partial charge in [0.1, 0.15) is 22.3 Å². The van der Waals surface area contributed by atoms with Crippen molar-refractivity contribution in [3.8, 4) is 28.3 Å². The molecule has 4 heterocycles. The molecule has 288 valence electrons. The summed E-state index contributed by atoms with van der Waals surface area (Å²) >= 11 is 0. The van der Waals surface area contributed by atoms with Crippen LogP contribution in [0, 0.1) is 11.3 Å². The molecule has 0 atom stereocenters. The molecule has 0 bridgehead atoms. The summed E-state index contributed by atoms with van der Waals surface area (Å²) in [6.45, 7) is 0. The van der Waals surface area contributed by atoms with Gasteiger partial charge in [-0.3, -0.25) is 0 Å². The molecule has 4 heteroatoms.